The highest BCUT2D eigenvalue weighted by molar-refractivity contribution is 6.31. The fraction of sp³-hybridized carbons (Fsp3) is 0.421. The zero-order valence-corrected chi connectivity index (χ0v) is 16.9. The Hall–Kier alpha value is -2.56. The molecule has 8 nitrogen and oxygen atoms in total. The van der Waals surface area contributed by atoms with Gasteiger partial charge in [-0.3, -0.25) is 14.7 Å². The van der Waals surface area contributed by atoms with E-state index in [1.54, 1.807) is 7.11 Å². The molecule has 1 heterocycles. The lowest BCUT2D eigenvalue weighted by atomic mass is 9.93. The summed E-state index contributed by atoms with van der Waals surface area (Å²) in [4.78, 5) is 24.9. The third kappa shape index (κ3) is 5.13. The van der Waals surface area contributed by atoms with Crippen molar-refractivity contribution in [3.63, 3.8) is 0 Å². The standard InChI is InChI=1S/C19H21ClF2N4O4.H2/c1-29-9-30-11-4-2-10(3-5-11)24-19(28)17-14(8-23-26-17)25-18(27)15-13(21)7-6-12(20)16(15)22;/h6-8,10-11H,2-5,9H2,1H3,(H,23,26)(H,24,28)(H,25,27);1H. The smallest absolute Gasteiger partial charge is 0.271 e. The van der Waals surface area contributed by atoms with E-state index in [1.807, 2.05) is 0 Å². The van der Waals surface area contributed by atoms with E-state index in [1.165, 1.54) is 6.20 Å². The van der Waals surface area contributed by atoms with E-state index in [0.717, 1.165) is 37.8 Å². The van der Waals surface area contributed by atoms with E-state index in [0.29, 0.717) is 0 Å². The summed E-state index contributed by atoms with van der Waals surface area (Å²) in [5.74, 6) is -3.83. The van der Waals surface area contributed by atoms with E-state index in [-0.39, 0.29) is 31.7 Å². The summed E-state index contributed by atoms with van der Waals surface area (Å²) in [6, 6.07) is 1.82. The van der Waals surface area contributed by atoms with Crippen LogP contribution in [-0.4, -0.2) is 48.1 Å². The predicted molar refractivity (Wildman–Crippen MR) is 106 cm³/mol. The number of anilines is 1. The zero-order chi connectivity index (χ0) is 21.7. The average molecular weight is 445 g/mol. The summed E-state index contributed by atoms with van der Waals surface area (Å²) in [7, 11) is 1.56. The SMILES string of the molecule is COCOC1CCC(NC(=O)c2[nH]ncc2NC(=O)c2c(F)ccc(Cl)c2F)CC1.[HH]. The number of amides is 2. The summed E-state index contributed by atoms with van der Waals surface area (Å²) in [5.41, 5.74) is -0.873. The molecule has 0 aliphatic heterocycles. The third-order valence-corrected chi connectivity index (χ3v) is 5.11. The first-order chi connectivity index (χ1) is 14.4. The number of carbonyl (C=O) groups is 2. The van der Waals surface area contributed by atoms with Crippen molar-refractivity contribution in [2.45, 2.75) is 37.8 Å². The molecule has 164 valence electrons. The minimum atomic E-state index is -1.18. The molecule has 11 heteroatoms. The summed E-state index contributed by atoms with van der Waals surface area (Å²) >= 11 is 5.62. The molecular weight excluding hydrogens is 422 g/mol. The lowest BCUT2D eigenvalue weighted by Gasteiger charge is -2.28. The number of halogens is 3. The Morgan fingerprint density at radius 1 is 1.27 bits per heavy atom. The number of benzene rings is 1. The van der Waals surface area contributed by atoms with E-state index < -0.39 is 34.0 Å². The number of ether oxygens (including phenoxy) is 2. The molecule has 1 aliphatic carbocycles. The number of hydrogen-bond acceptors (Lipinski definition) is 5. The molecule has 1 aromatic heterocycles. The van der Waals surface area contributed by atoms with Crippen LogP contribution in [0.25, 0.3) is 0 Å². The maximum absolute atomic E-state index is 14.1. The molecule has 3 rings (SSSR count). The minimum Gasteiger partial charge on any atom is -0.359 e. The first kappa shape index (κ1) is 22.1. The summed E-state index contributed by atoms with van der Waals surface area (Å²) < 4.78 is 38.4. The molecule has 0 bridgehead atoms. The van der Waals surface area contributed by atoms with Crippen LogP contribution in [0, 0.1) is 11.6 Å². The first-order valence-electron chi connectivity index (χ1n) is 9.30. The number of aromatic amines is 1. The van der Waals surface area contributed by atoms with Crippen LogP contribution in [-0.2, 0) is 9.47 Å². The number of nitrogens with zero attached hydrogens (tertiary/aromatic N) is 1. The van der Waals surface area contributed by atoms with Crippen LogP contribution in [0.1, 0.15) is 48.0 Å². The fourth-order valence-electron chi connectivity index (χ4n) is 3.27. The van der Waals surface area contributed by atoms with Gasteiger partial charge in [0.05, 0.1) is 23.0 Å². The van der Waals surface area contributed by atoms with Crippen molar-refractivity contribution in [3.05, 3.63) is 46.2 Å². The highest BCUT2D eigenvalue weighted by Crippen LogP contribution is 2.24. The molecule has 1 fully saturated rings. The predicted octanol–water partition coefficient (Wildman–Crippen LogP) is 3.50. The second kappa shape index (κ2) is 9.96. The van der Waals surface area contributed by atoms with Gasteiger partial charge < -0.3 is 20.1 Å². The molecule has 3 N–H and O–H groups in total. The van der Waals surface area contributed by atoms with Gasteiger partial charge in [0.25, 0.3) is 11.8 Å². The molecule has 0 spiro atoms. The maximum Gasteiger partial charge on any atom is 0.271 e. The number of H-pyrrole nitrogens is 1. The topological polar surface area (TPSA) is 105 Å². The maximum atomic E-state index is 14.1. The van der Waals surface area contributed by atoms with Gasteiger partial charge in [0.15, 0.2) is 5.82 Å². The Morgan fingerprint density at radius 3 is 2.70 bits per heavy atom. The molecule has 0 radical (unpaired) electrons. The van der Waals surface area contributed by atoms with Gasteiger partial charge in [-0.2, -0.15) is 5.10 Å². The Bertz CT molecular complexity index is 922. The molecular formula is C19H23ClF2N4O4. The average Bonchev–Trinajstić information content (AvgIpc) is 3.18. The molecule has 0 unspecified atom stereocenters. The van der Waals surface area contributed by atoms with E-state index in [4.69, 9.17) is 21.1 Å². The summed E-state index contributed by atoms with van der Waals surface area (Å²) in [6.07, 6.45) is 4.25. The monoisotopic (exact) mass is 444 g/mol. The van der Waals surface area contributed by atoms with E-state index in [9.17, 15) is 18.4 Å². The van der Waals surface area contributed by atoms with Gasteiger partial charge in [0, 0.05) is 14.6 Å². The van der Waals surface area contributed by atoms with E-state index >= 15 is 0 Å². The Kier molecular flexibility index (Phi) is 7.35. The van der Waals surface area contributed by atoms with Crippen molar-refractivity contribution in [2.75, 3.05) is 19.2 Å². The van der Waals surface area contributed by atoms with Gasteiger partial charge in [0.1, 0.15) is 23.9 Å². The lowest BCUT2D eigenvalue weighted by Crippen LogP contribution is -2.39. The van der Waals surface area contributed by atoms with Crippen LogP contribution in [0.4, 0.5) is 14.5 Å². The number of hydrogen-bond donors (Lipinski definition) is 3. The van der Waals surface area contributed by atoms with Crippen LogP contribution >= 0.6 is 11.6 Å². The minimum absolute atomic E-state index is 0. The molecule has 1 aromatic carbocycles. The molecule has 1 aliphatic rings. The second-order valence-electron chi connectivity index (χ2n) is 6.85. The second-order valence-corrected chi connectivity index (χ2v) is 7.26. The van der Waals surface area contributed by atoms with Crippen molar-refractivity contribution in [1.29, 1.82) is 0 Å². The highest BCUT2D eigenvalue weighted by Gasteiger charge is 2.26. The van der Waals surface area contributed by atoms with Gasteiger partial charge in [-0.25, -0.2) is 8.78 Å². The van der Waals surface area contributed by atoms with Crippen molar-refractivity contribution in [1.82, 2.24) is 15.5 Å². The highest BCUT2D eigenvalue weighted by atomic mass is 35.5. The van der Waals surface area contributed by atoms with Crippen molar-refractivity contribution in [3.8, 4) is 0 Å². The van der Waals surface area contributed by atoms with Crippen LogP contribution in [0.5, 0.6) is 0 Å². The van der Waals surface area contributed by atoms with Gasteiger partial charge in [-0.15, -0.1) is 0 Å². The molecule has 2 aromatic rings. The fourth-order valence-corrected chi connectivity index (χ4v) is 3.43. The zero-order valence-electron chi connectivity index (χ0n) is 16.1. The van der Waals surface area contributed by atoms with Gasteiger partial charge in [0.2, 0.25) is 0 Å². The number of rotatable bonds is 7. The molecule has 0 saturated heterocycles. The quantitative estimate of drug-likeness (QED) is 0.447. The molecule has 30 heavy (non-hydrogen) atoms. The van der Waals surface area contributed by atoms with Crippen molar-refractivity contribution in [2.24, 2.45) is 0 Å². The number of aromatic nitrogens is 2. The number of carbonyl (C=O) groups excluding carboxylic acids is 2. The number of nitrogens with one attached hydrogen (secondary N) is 3. The largest absolute Gasteiger partial charge is 0.359 e. The van der Waals surface area contributed by atoms with Gasteiger partial charge >= 0.3 is 0 Å². The molecule has 0 atom stereocenters. The van der Waals surface area contributed by atoms with Crippen molar-refractivity contribution >= 4 is 29.1 Å². The lowest BCUT2D eigenvalue weighted by molar-refractivity contribution is -0.0837. The Morgan fingerprint density at radius 2 is 2.00 bits per heavy atom. The Labute approximate surface area is 177 Å². The van der Waals surface area contributed by atoms with Crippen LogP contribution in [0.3, 0.4) is 0 Å². The molecule has 1 saturated carbocycles. The Balaban J connectivity index is 0.00000341. The number of methoxy groups -OCH3 is 1. The first-order valence-corrected chi connectivity index (χ1v) is 9.68. The third-order valence-electron chi connectivity index (χ3n) is 4.82. The van der Waals surface area contributed by atoms with Gasteiger partial charge in [-0.1, -0.05) is 11.6 Å². The van der Waals surface area contributed by atoms with Crippen LogP contribution < -0.4 is 10.6 Å². The summed E-state index contributed by atoms with van der Waals surface area (Å²) in [6.45, 7) is 0.229. The summed E-state index contributed by atoms with van der Waals surface area (Å²) in [5, 5.41) is 11.0. The normalized spacial score (nSPS) is 18.8. The van der Waals surface area contributed by atoms with Gasteiger partial charge in [-0.05, 0) is 37.8 Å². The van der Waals surface area contributed by atoms with Crippen LogP contribution in [0.15, 0.2) is 18.3 Å². The van der Waals surface area contributed by atoms with E-state index in [2.05, 4.69) is 20.8 Å². The molecule has 2 amide bonds. The van der Waals surface area contributed by atoms with Crippen LogP contribution in [0.2, 0.25) is 5.02 Å². The van der Waals surface area contributed by atoms with Crippen molar-refractivity contribution < 1.29 is 29.3 Å².